The number of halogens is 1. The summed E-state index contributed by atoms with van der Waals surface area (Å²) in [6.07, 6.45) is 2.28. The minimum absolute atomic E-state index is 0.0711. The Hall–Kier alpha value is -3.27. The number of nitrogens with zero attached hydrogens (tertiary/aromatic N) is 4. The van der Waals surface area contributed by atoms with Gasteiger partial charge in [0.15, 0.2) is 5.69 Å². The Kier molecular flexibility index (Phi) is 7.24. The largest absolute Gasteiger partial charge is 0.501 e. The van der Waals surface area contributed by atoms with Crippen LogP contribution >= 0.6 is 0 Å². The van der Waals surface area contributed by atoms with Crippen molar-refractivity contribution in [2.24, 2.45) is 7.05 Å². The lowest BCUT2D eigenvalue weighted by Gasteiger charge is -2.36. The molecule has 1 unspecified atom stereocenters. The molecule has 0 saturated carbocycles. The van der Waals surface area contributed by atoms with E-state index < -0.39 is 34.8 Å². The summed E-state index contributed by atoms with van der Waals surface area (Å²) in [5.41, 5.74) is -0.501. The molecule has 0 aliphatic carbocycles. The fourth-order valence-electron chi connectivity index (χ4n) is 3.79. The summed E-state index contributed by atoms with van der Waals surface area (Å²) in [4.78, 5) is 45.9. The maximum Gasteiger partial charge on any atom is 0.296 e. The first-order valence-corrected chi connectivity index (χ1v) is 10.5. The first kappa shape index (κ1) is 23.4. The van der Waals surface area contributed by atoms with Crippen molar-refractivity contribution in [3.63, 3.8) is 0 Å². The normalized spacial score (nSPS) is 16.3. The van der Waals surface area contributed by atoms with Crippen LogP contribution in [0, 0.1) is 5.82 Å². The van der Waals surface area contributed by atoms with Gasteiger partial charge in [-0.1, -0.05) is 12.1 Å². The Morgan fingerprint density at radius 1 is 1.25 bits per heavy atom. The predicted octanol–water partition coefficient (Wildman–Crippen LogP) is 1.17. The van der Waals surface area contributed by atoms with Crippen molar-refractivity contribution in [1.29, 1.82) is 0 Å². The molecule has 1 aliphatic heterocycles. The second-order valence-corrected chi connectivity index (χ2v) is 8.18. The first-order chi connectivity index (χ1) is 15.2. The number of piperidine rings is 1. The number of nitrogens with one attached hydrogen (secondary N) is 1. The fourth-order valence-corrected chi connectivity index (χ4v) is 3.79. The van der Waals surface area contributed by atoms with Gasteiger partial charge >= 0.3 is 0 Å². The van der Waals surface area contributed by atoms with E-state index in [1.807, 2.05) is 0 Å². The van der Waals surface area contributed by atoms with Crippen molar-refractivity contribution < 1.29 is 19.1 Å². The van der Waals surface area contributed by atoms with Crippen LogP contribution in [0.1, 0.15) is 47.2 Å². The predicted molar refractivity (Wildman–Crippen MR) is 116 cm³/mol. The van der Waals surface area contributed by atoms with Crippen LogP contribution in [0.4, 0.5) is 4.39 Å². The van der Waals surface area contributed by atoms with Crippen LogP contribution in [0.3, 0.4) is 0 Å². The van der Waals surface area contributed by atoms with Gasteiger partial charge < -0.3 is 20.2 Å². The second kappa shape index (κ2) is 9.90. The molecule has 0 bridgehead atoms. The van der Waals surface area contributed by atoms with E-state index >= 15 is 0 Å². The highest BCUT2D eigenvalue weighted by Gasteiger charge is 2.32. The molecular formula is C22H28FN5O4. The number of likely N-dealkylation sites (N-methyl/N-ethyl adjacent to an activating group) is 1. The van der Waals surface area contributed by atoms with Gasteiger partial charge in [-0.3, -0.25) is 19.0 Å². The third kappa shape index (κ3) is 5.13. The molecular weight excluding hydrogens is 417 g/mol. The zero-order valence-electron chi connectivity index (χ0n) is 18.5. The van der Waals surface area contributed by atoms with E-state index in [1.165, 1.54) is 35.9 Å². The van der Waals surface area contributed by atoms with Gasteiger partial charge in [-0.05, 0) is 51.1 Å². The average Bonchev–Trinajstić information content (AvgIpc) is 2.76. The van der Waals surface area contributed by atoms with Crippen molar-refractivity contribution in [2.75, 3.05) is 27.2 Å². The summed E-state index contributed by atoms with van der Waals surface area (Å²) < 4.78 is 14.3. The number of aromatic hydroxyl groups is 1. The molecule has 0 spiro atoms. The van der Waals surface area contributed by atoms with Crippen LogP contribution in [0.5, 0.6) is 5.75 Å². The van der Waals surface area contributed by atoms with E-state index in [1.54, 1.807) is 23.9 Å². The molecule has 0 radical (unpaired) electrons. The lowest BCUT2D eigenvalue weighted by molar-refractivity contribution is -0.136. The summed E-state index contributed by atoms with van der Waals surface area (Å²) in [7, 11) is 5.07. The second-order valence-electron chi connectivity index (χ2n) is 8.18. The van der Waals surface area contributed by atoms with Gasteiger partial charge in [0.1, 0.15) is 11.6 Å². The number of amides is 2. The van der Waals surface area contributed by atoms with Gasteiger partial charge in [0.25, 0.3) is 11.5 Å². The van der Waals surface area contributed by atoms with Crippen LogP contribution in [-0.2, 0) is 18.4 Å². The SMILES string of the molecule is CN(C)CC(=O)N1CCCCC1c1nc(C(=O)NCc2ccc(F)cc2)c(O)c(=O)n1C. The Balaban J connectivity index is 1.90. The minimum atomic E-state index is -0.757. The number of carbonyl (C=O) groups excluding carboxylic acids is 2. The molecule has 2 aromatic rings. The summed E-state index contributed by atoms with van der Waals surface area (Å²) in [5, 5.41) is 12.9. The van der Waals surface area contributed by atoms with Gasteiger partial charge in [0.05, 0.1) is 12.6 Å². The molecule has 2 amide bonds. The molecule has 1 aromatic heterocycles. The molecule has 32 heavy (non-hydrogen) atoms. The first-order valence-electron chi connectivity index (χ1n) is 10.5. The zero-order chi connectivity index (χ0) is 23.4. The number of carbonyl (C=O) groups is 2. The van der Waals surface area contributed by atoms with E-state index in [9.17, 15) is 23.9 Å². The monoisotopic (exact) mass is 445 g/mol. The van der Waals surface area contributed by atoms with Crippen molar-refractivity contribution >= 4 is 11.8 Å². The van der Waals surface area contributed by atoms with Crippen LogP contribution < -0.4 is 10.9 Å². The number of rotatable bonds is 6. The van der Waals surface area contributed by atoms with E-state index in [0.29, 0.717) is 18.5 Å². The highest BCUT2D eigenvalue weighted by molar-refractivity contribution is 5.94. The Bertz CT molecular complexity index is 1050. The van der Waals surface area contributed by atoms with Crippen LogP contribution in [0.15, 0.2) is 29.1 Å². The van der Waals surface area contributed by atoms with E-state index in [0.717, 1.165) is 12.8 Å². The summed E-state index contributed by atoms with van der Waals surface area (Å²) >= 11 is 0. The van der Waals surface area contributed by atoms with E-state index in [-0.39, 0.29) is 24.8 Å². The molecule has 1 aliphatic rings. The van der Waals surface area contributed by atoms with Gasteiger partial charge in [-0.2, -0.15) is 0 Å². The third-order valence-corrected chi connectivity index (χ3v) is 5.46. The number of hydrogen-bond donors (Lipinski definition) is 2. The maximum atomic E-state index is 13.1. The Morgan fingerprint density at radius 3 is 2.59 bits per heavy atom. The summed E-state index contributed by atoms with van der Waals surface area (Å²) in [6.45, 7) is 0.815. The smallest absolute Gasteiger partial charge is 0.296 e. The lowest BCUT2D eigenvalue weighted by Crippen LogP contribution is -2.45. The summed E-state index contributed by atoms with van der Waals surface area (Å²) in [6, 6.07) is 5.12. The van der Waals surface area contributed by atoms with Gasteiger partial charge in [-0.15, -0.1) is 0 Å². The number of aromatic nitrogens is 2. The highest BCUT2D eigenvalue weighted by atomic mass is 19.1. The molecule has 9 nitrogen and oxygen atoms in total. The average molecular weight is 445 g/mol. The van der Waals surface area contributed by atoms with Crippen LogP contribution in [0.25, 0.3) is 0 Å². The molecule has 1 fully saturated rings. The van der Waals surface area contributed by atoms with Crippen molar-refractivity contribution in [1.82, 2.24) is 24.7 Å². The van der Waals surface area contributed by atoms with E-state index in [4.69, 9.17) is 0 Å². The van der Waals surface area contributed by atoms with Gasteiger partial charge in [0.2, 0.25) is 11.7 Å². The lowest BCUT2D eigenvalue weighted by atomic mass is 10.0. The standard InChI is InChI=1S/C22H28FN5O4/c1-26(2)13-17(29)28-11-5-4-6-16(28)20-25-18(19(30)22(32)27(20)3)21(31)24-12-14-7-9-15(23)10-8-14/h7-10,16,30H,4-6,11-13H2,1-3H3,(H,24,31). The Morgan fingerprint density at radius 2 is 1.94 bits per heavy atom. The van der Waals surface area contributed by atoms with Crippen LogP contribution in [0.2, 0.25) is 0 Å². The molecule has 172 valence electrons. The number of benzene rings is 1. The topological polar surface area (TPSA) is 108 Å². The van der Waals surface area contributed by atoms with Gasteiger partial charge in [0, 0.05) is 20.1 Å². The van der Waals surface area contributed by atoms with Crippen LogP contribution in [-0.4, -0.2) is 63.5 Å². The molecule has 2 N–H and O–H groups in total. The minimum Gasteiger partial charge on any atom is -0.501 e. The molecule has 3 rings (SSSR count). The molecule has 1 atom stereocenters. The molecule has 10 heteroatoms. The molecule has 1 saturated heterocycles. The van der Waals surface area contributed by atoms with Gasteiger partial charge in [-0.25, -0.2) is 9.37 Å². The quantitative estimate of drug-likeness (QED) is 0.691. The number of hydrogen-bond acceptors (Lipinski definition) is 6. The Labute approximate surface area is 185 Å². The van der Waals surface area contributed by atoms with E-state index in [2.05, 4.69) is 10.3 Å². The number of likely N-dealkylation sites (tertiary alicyclic amines) is 1. The highest BCUT2D eigenvalue weighted by Crippen LogP contribution is 2.30. The molecule has 2 heterocycles. The molecule has 1 aromatic carbocycles. The summed E-state index contributed by atoms with van der Waals surface area (Å²) in [5.74, 6) is -1.71. The van der Waals surface area contributed by atoms with Crippen molar-refractivity contribution in [2.45, 2.75) is 31.8 Å². The van der Waals surface area contributed by atoms with Crippen molar-refractivity contribution in [3.05, 3.63) is 57.5 Å². The maximum absolute atomic E-state index is 13.1. The van der Waals surface area contributed by atoms with Crippen molar-refractivity contribution in [3.8, 4) is 5.75 Å². The third-order valence-electron chi connectivity index (χ3n) is 5.46. The zero-order valence-corrected chi connectivity index (χ0v) is 18.5. The fraction of sp³-hybridized carbons (Fsp3) is 0.455.